The highest BCUT2D eigenvalue weighted by molar-refractivity contribution is 5.80. The lowest BCUT2D eigenvalue weighted by molar-refractivity contribution is -0.183. The number of aryl methyl sites for hydroxylation is 1. The van der Waals surface area contributed by atoms with Crippen molar-refractivity contribution in [1.29, 1.82) is 0 Å². The van der Waals surface area contributed by atoms with Gasteiger partial charge in [-0.1, -0.05) is 6.42 Å². The number of halogens is 6. The fourth-order valence-electron chi connectivity index (χ4n) is 3.09. The minimum atomic E-state index is -4.58. The number of nitrogens with zero attached hydrogens (tertiary/aromatic N) is 3. The maximum atomic E-state index is 12.9. The first-order valence-corrected chi connectivity index (χ1v) is 8.14. The van der Waals surface area contributed by atoms with Crippen molar-refractivity contribution in [2.45, 2.75) is 50.6 Å². The Bertz CT molecular complexity index is 633. The van der Waals surface area contributed by atoms with E-state index in [-0.39, 0.29) is 30.9 Å². The highest BCUT2D eigenvalue weighted by atomic mass is 19.4. The summed E-state index contributed by atoms with van der Waals surface area (Å²) in [6.45, 7) is -0.197. The molecule has 11 heteroatoms. The molecule has 1 fully saturated rings. The van der Waals surface area contributed by atoms with Crippen molar-refractivity contribution in [3.63, 3.8) is 0 Å². The van der Waals surface area contributed by atoms with Crippen LogP contribution in [-0.4, -0.2) is 35.0 Å². The van der Waals surface area contributed by atoms with Crippen molar-refractivity contribution in [2.75, 3.05) is 7.05 Å². The van der Waals surface area contributed by atoms with Crippen LogP contribution in [-0.2, 0) is 19.8 Å². The third kappa shape index (κ3) is 5.28. The van der Waals surface area contributed by atoms with Crippen LogP contribution < -0.4 is 10.6 Å². The summed E-state index contributed by atoms with van der Waals surface area (Å²) in [7, 11) is 2.79. The van der Waals surface area contributed by atoms with E-state index in [4.69, 9.17) is 0 Å². The van der Waals surface area contributed by atoms with Crippen molar-refractivity contribution in [1.82, 2.24) is 20.4 Å². The maximum Gasteiger partial charge on any atom is 0.435 e. The zero-order valence-electron chi connectivity index (χ0n) is 14.4. The highest BCUT2D eigenvalue weighted by Crippen LogP contribution is 2.37. The molecule has 0 aliphatic heterocycles. The summed E-state index contributed by atoms with van der Waals surface area (Å²) < 4.78 is 78.5. The van der Waals surface area contributed by atoms with Crippen LogP contribution in [0.15, 0.2) is 11.2 Å². The predicted octanol–water partition coefficient (Wildman–Crippen LogP) is 3.23. The Morgan fingerprint density at radius 2 is 1.96 bits per heavy atom. The largest absolute Gasteiger partial charge is 0.435 e. The molecule has 5 nitrogen and oxygen atoms in total. The Kier molecular flexibility index (Phi) is 6.07. The molecule has 2 N–H and O–H groups in total. The number of aromatic nitrogens is 2. The first kappa shape index (κ1) is 20.4. The van der Waals surface area contributed by atoms with Gasteiger partial charge in [0.05, 0.1) is 5.92 Å². The van der Waals surface area contributed by atoms with Gasteiger partial charge in [-0.2, -0.15) is 31.4 Å². The van der Waals surface area contributed by atoms with Gasteiger partial charge in [-0.25, -0.2) is 0 Å². The number of rotatable bonds is 3. The molecule has 1 aliphatic rings. The smallest absolute Gasteiger partial charge is 0.354 e. The van der Waals surface area contributed by atoms with E-state index in [1.807, 2.05) is 0 Å². The van der Waals surface area contributed by atoms with E-state index < -0.39 is 30.0 Å². The van der Waals surface area contributed by atoms with Gasteiger partial charge in [0.2, 0.25) is 0 Å². The fraction of sp³-hybridized carbons (Fsp3) is 0.733. The maximum absolute atomic E-state index is 12.9. The third-order valence-electron chi connectivity index (χ3n) is 4.32. The van der Waals surface area contributed by atoms with E-state index in [0.29, 0.717) is 12.8 Å². The molecule has 148 valence electrons. The summed E-state index contributed by atoms with van der Waals surface area (Å²) in [5.41, 5.74) is -1.07. The first-order chi connectivity index (χ1) is 12.0. The van der Waals surface area contributed by atoms with E-state index in [0.717, 1.165) is 4.68 Å². The second kappa shape index (κ2) is 7.75. The fourth-order valence-corrected chi connectivity index (χ4v) is 3.09. The molecule has 0 aromatic carbocycles. The van der Waals surface area contributed by atoms with Gasteiger partial charge >= 0.3 is 12.4 Å². The molecule has 0 amide bonds. The van der Waals surface area contributed by atoms with Gasteiger partial charge in [0.25, 0.3) is 0 Å². The highest BCUT2D eigenvalue weighted by Gasteiger charge is 2.42. The SMILES string of the molecule is CN=C(NCc1cn(C)nc1C(F)(F)F)NC1CCCC(C(F)(F)F)C1. The zero-order valence-corrected chi connectivity index (χ0v) is 14.4. The van der Waals surface area contributed by atoms with E-state index in [1.54, 1.807) is 0 Å². The minimum absolute atomic E-state index is 0.0697. The second-order valence-corrected chi connectivity index (χ2v) is 6.35. The first-order valence-electron chi connectivity index (χ1n) is 8.14. The number of guanidine groups is 1. The molecule has 26 heavy (non-hydrogen) atoms. The summed E-state index contributed by atoms with van der Waals surface area (Å²) in [4.78, 5) is 3.89. The quantitative estimate of drug-likeness (QED) is 0.477. The van der Waals surface area contributed by atoms with E-state index in [2.05, 4.69) is 20.7 Å². The van der Waals surface area contributed by atoms with Crippen LogP contribution in [0.25, 0.3) is 0 Å². The Labute approximate surface area is 146 Å². The number of alkyl halides is 6. The Morgan fingerprint density at radius 1 is 1.27 bits per heavy atom. The molecule has 1 aromatic heterocycles. The third-order valence-corrected chi connectivity index (χ3v) is 4.32. The summed E-state index contributed by atoms with van der Waals surface area (Å²) in [5.74, 6) is -1.21. The Morgan fingerprint density at radius 3 is 2.54 bits per heavy atom. The number of aliphatic imine (C=N–C) groups is 1. The average molecular weight is 385 g/mol. The van der Waals surface area contributed by atoms with Crippen LogP contribution in [0, 0.1) is 5.92 Å². The van der Waals surface area contributed by atoms with Gasteiger partial charge in [-0.3, -0.25) is 9.67 Å². The second-order valence-electron chi connectivity index (χ2n) is 6.35. The Balaban J connectivity index is 1.97. The van der Waals surface area contributed by atoms with Crippen LogP contribution in [0.4, 0.5) is 26.3 Å². The molecule has 2 rings (SSSR count). The predicted molar refractivity (Wildman–Crippen MR) is 83.3 cm³/mol. The molecule has 2 unspecified atom stereocenters. The monoisotopic (exact) mass is 385 g/mol. The van der Waals surface area contributed by atoms with Crippen LogP contribution in [0.5, 0.6) is 0 Å². The molecule has 1 aromatic rings. The van der Waals surface area contributed by atoms with Gasteiger partial charge in [0.15, 0.2) is 11.7 Å². The molecule has 2 atom stereocenters. The van der Waals surface area contributed by atoms with Crippen LogP contribution in [0.2, 0.25) is 0 Å². The molecule has 0 bridgehead atoms. The van der Waals surface area contributed by atoms with Crippen molar-refractivity contribution >= 4 is 5.96 Å². The number of hydrogen-bond acceptors (Lipinski definition) is 2. The van der Waals surface area contributed by atoms with E-state index in [1.165, 1.54) is 20.3 Å². The van der Waals surface area contributed by atoms with Gasteiger partial charge < -0.3 is 10.6 Å². The molecule has 0 radical (unpaired) electrons. The summed E-state index contributed by atoms with van der Waals surface area (Å²) >= 11 is 0. The molecular formula is C15H21F6N5. The molecule has 1 aliphatic carbocycles. The topological polar surface area (TPSA) is 54.2 Å². The zero-order chi connectivity index (χ0) is 19.5. The summed E-state index contributed by atoms with van der Waals surface area (Å²) in [6.07, 6.45) is -6.59. The van der Waals surface area contributed by atoms with Crippen molar-refractivity contribution in [3.05, 3.63) is 17.5 Å². The van der Waals surface area contributed by atoms with E-state index >= 15 is 0 Å². The standard InChI is InChI=1S/C15H21F6N5/c1-22-13(24-11-5-3-4-10(6-11)14(16,17)18)23-7-9-8-26(2)25-12(9)15(19,20)21/h8,10-11H,3-7H2,1-2H3,(H2,22,23,24). The lowest BCUT2D eigenvalue weighted by Crippen LogP contribution is -2.46. The normalized spacial score (nSPS) is 22.4. The lowest BCUT2D eigenvalue weighted by atomic mass is 9.85. The van der Waals surface area contributed by atoms with Crippen molar-refractivity contribution < 1.29 is 26.3 Å². The summed E-state index contributed by atoms with van der Waals surface area (Å²) in [6, 6.07) is -0.433. The van der Waals surface area contributed by atoms with Crippen LogP contribution in [0.1, 0.15) is 36.9 Å². The number of nitrogens with one attached hydrogen (secondary N) is 2. The molecule has 0 saturated heterocycles. The summed E-state index contributed by atoms with van der Waals surface area (Å²) in [5, 5.41) is 8.99. The molecular weight excluding hydrogens is 364 g/mol. The van der Waals surface area contributed by atoms with Crippen molar-refractivity contribution in [2.24, 2.45) is 18.0 Å². The van der Waals surface area contributed by atoms with Crippen molar-refractivity contribution in [3.8, 4) is 0 Å². The van der Waals surface area contributed by atoms with E-state index in [9.17, 15) is 26.3 Å². The molecule has 1 heterocycles. The van der Waals surface area contributed by atoms with Gasteiger partial charge in [-0.15, -0.1) is 0 Å². The molecule has 0 spiro atoms. The molecule has 1 saturated carbocycles. The average Bonchev–Trinajstić information content (AvgIpc) is 2.92. The Hall–Kier alpha value is -1.94. The van der Waals surface area contributed by atoms with Crippen LogP contribution in [0.3, 0.4) is 0 Å². The minimum Gasteiger partial charge on any atom is -0.354 e. The number of hydrogen-bond donors (Lipinski definition) is 2. The van der Waals surface area contributed by atoms with Gasteiger partial charge in [-0.05, 0) is 19.3 Å². The van der Waals surface area contributed by atoms with Gasteiger partial charge in [0, 0.05) is 38.4 Å². The lowest BCUT2D eigenvalue weighted by Gasteiger charge is -2.31. The van der Waals surface area contributed by atoms with Gasteiger partial charge in [0.1, 0.15) is 0 Å². The van der Waals surface area contributed by atoms with Crippen LogP contribution >= 0.6 is 0 Å².